The summed E-state index contributed by atoms with van der Waals surface area (Å²) < 4.78 is 23.9. The number of carbonyl (C=O) groups is 1. The van der Waals surface area contributed by atoms with E-state index in [1.807, 2.05) is 30.3 Å². The van der Waals surface area contributed by atoms with Gasteiger partial charge in [-0.3, -0.25) is 0 Å². The predicted octanol–water partition coefficient (Wildman–Crippen LogP) is 4.28. The Morgan fingerprint density at radius 2 is 1.93 bits per heavy atom. The maximum atomic E-state index is 11.9. The Kier molecular flexibility index (Phi) is 6.26. The summed E-state index contributed by atoms with van der Waals surface area (Å²) in [6, 6.07) is 13.3. The highest BCUT2D eigenvalue weighted by Crippen LogP contribution is 2.36. The van der Waals surface area contributed by atoms with Gasteiger partial charge in [0.05, 0.1) is 20.5 Å². The maximum absolute atomic E-state index is 11.9. The molecule has 0 aliphatic rings. The molecule has 1 atom stereocenters. The van der Waals surface area contributed by atoms with Crippen LogP contribution < -0.4 is 5.32 Å². The average molecular weight is 451 g/mol. The molecule has 6 nitrogen and oxygen atoms in total. The van der Waals surface area contributed by atoms with Crippen molar-refractivity contribution >= 4 is 43.9 Å². The molecule has 0 radical (unpaired) electrons. The zero-order valence-corrected chi connectivity index (χ0v) is 18.1. The number of nitrogens with zero attached hydrogens (tertiary/aromatic N) is 1. The first-order valence-corrected chi connectivity index (χ1v) is 11.7. The molecule has 152 valence electrons. The van der Waals surface area contributed by atoms with Crippen molar-refractivity contribution in [3.63, 3.8) is 0 Å². The standard InChI is InChI=1S/C20H19ClN2O4S2/c1-12-18(14-8-9-15(21)17(11-14)29(2,26)27)28-20(22-12)23-16(19(24)25)10-13-6-4-3-5-7-13/h3-9,11,16H,10H2,1-2H3,(H,22,23)(H,24,25)/t16-/m0/s1. The number of aromatic nitrogens is 1. The van der Waals surface area contributed by atoms with Crippen LogP contribution in [-0.2, 0) is 21.1 Å². The summed E-state index contributed by atoms with van der Waals surface area (Å²) in [5.74, 6) is -0.978. The molecule has 2 aromatic carbocycles. The predicted molar refractivity (Wildman–Crippen MR) is 116 cm³/mol. The number of nitrogens with one attached hydrogen (secondary N) is 1. The second-order valence-corrected chi connectivity index (χ2v) is 9.97. The van der Waals surface area contributed by atoms with E-state index in [4.69, 9.17) is 11.6 Å². The van der Waals surface area contributed by atoms with Crippen LogP contribution in [0.3, 0.4) is 0 Å². The van der Waals surface area contributed by atoms with Gasteiger partial charge >= 0.3 is 5.97 Å². The number of hydrogen-bond donors (Lipinski definition) is 2. The summed E-state index contributed by atoms with van der Waals surface area (Å²) in [4.78, 5) is 16.9. The highest BCUT2D eigenvalue weighted by Gasteiger charge is 2.21. The van der Waals surface area contributed by atoms with Crippen LogP contribution in [0, 0.1) is 6.92 Å². The van der Waals surface area contributed by atoms with Crippen molar-refractivity contribution in [3.05, 3.63) is 64.8 Å². The van der Waals surface area contributed by atoms with Crippen molar-refractivity contribution in [2.75, 3.05) is 11.6 Å². The Bertz CT molecular complexity index is 1140. The molecule has 2 N–H and O–H groups in total. The van der Waals surface area contributed by atoms with E-state index in [-0.39, 0.29) is 9.92 Å². The van der Waals surface area contributed by atoms with Gasteiger partial charge in [0.15, 0.2) is 15.0 Å². The molecule has 3 aromatic rings. The van der Waals surface area contributed by atoms with Crippen molar-refractivity contribution in [2.45, 2.75) is 24.3 Å². The summed E-state index contributed by atoms with van der Waals surface area (Å²) in [6.07, 6.45) is 1.41. The van der Waals surface area contributed by atoms with Gasteiger partial charge in [0, 0.05) is 12.7 Å². The number of aliphatic carboxylic acids is 1. The van der Waals surface area contributed by atoms with Crippen LogP contribution >= 0.6 is 22.9 Å². The van der Waals surface area contributed by atoms with Gasteiger partial charge in [-0.1, -0.05) is 59.3 Å². The Morgan fingerprint density at radius 1 is 1.24 bits per heavy atom. The Balaban J connectivity index is 1.89. The quantitative estimate of drug-likeness (QED) is 0.557. The lowest BCUT2D eigenvalue weighted by Gasteiger charge is -2.13. The topological polar surface area (TPSA) is 96.4 Å². The lowest BCUT2D eigenvalue weighted by molar-refractivity contribution is -0.137. The normalized spacial score (nSPS) is 12.5. The molecule has 9 heteroatoms. The van der Waals surface area contributed by atoms with Gasteiger partial charge in [-0.05, 0) is 30.2 Å². The van der Waals surface area contributed by atoms with Crippen LogP contribution in [0.4, 0.5) is 5.13 Å². The second-order valence-electron chi connectivity index (χ2n) is 6.58. The van der Waals surface area contributed by atoms with Crippen LogP contribution in [0.25, 0.3) is 10.4 Å². The molecule has 1 heterocycles. The second kappa shape index (κ2) is 8.52. The van der Waals surface area contributed by atoms with Crippen LogP contribution in [-0.4, -0.2) is 36.8 Å². The number of rotatable bonds is 7. The van der Waals surface area contributed by atoms with Gasteiger partial charge in [0.2, 0.25) is 0 Å². The average Bonchev–Trinajstić information content (AvgIpc) is 3.01. The Labute approximate surface area is 178 Å². The first kappa shape index (κ1) is 21.3. The van der Waals surface area contributed by atoms with Crippen molar-refractivity contribution in [3.8, 4) is 10.4 Å². The van der Waals surface area contributed by atoms with Crippen LogP contribution in [0.1, 0.15) is 11.3 Å². The minimum Gasteiger partial charge on any atom is -0.480 e. The van der Waals surface area contributed by atoms with E-state index in [1.54, 1.807) is 13.0 Å². The zero-order chi connectivity index (χ0) is 21.2. The molecule has 0 amide bonds. The van der Waals surface area contributed by atoms with Gasteiger partial charge in [0.25, 0.3) is 0 Å². The largest absolute Gasteiger partial charge is 0.480 e. The van der Waals surface area contributed by atoms with E-state index in [0.717, 1.165) is 16.7 Å². The molecule has 29 heavy (non-hydrogen) atoms. The first-order valence-electron chi connectivity index (χ1n) is 8.66. The van der Waals surface area contributed by atoms with E-state index >= 15 is 0 Å². The van der Waals surface area contributed by atoms with Gasteiger partial charge in [-0.25, -0.2) is 18.2 Å². The van der Waals surface area contributed by atoms with Gasteiger partial charge in [-0.15, -0.1) is 0 Å². The number of benzene rings is 2. The fourth-order valence-corrected chi connectivity index (χ4v) is 5.17. The molecule has 0 spiro atoms. The lowest BCUT2D eigenvalue weighted by atomic mass is 10.1. The smallest absolute Gasteiger partial charge is 0.326 e. The molecular formula is C20H19ClN2O4S2. The molecule has 0 aliphatic heterocycles. The molecule has 0 unspecified atom stereocenters. The summed E-state index contributed by atoms with van der Waals surface area (Å²) in [5.41, 5.74) is 2.23. The molecule has 1 aromatic heterocycles. The molecule has 0 saturated carbocycles. The minimum atomic E-state index is -3.48. The van der Waals surface area contributed by atoms with E-state index < -0.39 is 21.8 Å². The third kappa shape index (κ3) is 5.14. The van der Waals surface area contributed by atoms with Crippen molar-refractivity contribution < 1.29 is 18.3 Å². The number of hydrogen-bond acceptors (Lipinski definition) is 6. The minimum absolute atomic E-state index is 0.0477. The zero-order valence-electron chi connectivity index (χ0n) is 15.7. The molecule has 0 saturated heterocycles. The third-order valence-corrected chi connectivity index (χ3v) is 6.98. The van der Waals surface area contributed by atoms with Crippen molar-refractivity contribution in [1.82, 2.24) is 4.98 Å². The number of thiazole rings is 1. The van der Waals surface area contributed by atoms with E-state index in [9.17, 15) is 18.3 Å². The van der Waals surface area contributed by atoms with E-state index in [0.29, 0.717) is 22.8 Å². The maximum Gasteiger partial charge on any atom is 0.326 e. The lowest BCUT2D eigenvalue weighted by Crippen LogP contribution is -2.31. The van der Waals surface area contributed by atoms with Crippen LogP contribution in [0.15, 0.2) is 53.4 Å². The van der Waals surface area contributed by atoms with Crippen molar-refractivity contribution in [1.29, 1.82) is 0 Å². The first-order chi connectivity index (χ1) is 13.6. The van der Waals surface area contributed by atoms with Crippen LogP contribution in [0.5, 0.6) is 0 Å². The van der Waals surface area contributed by atoms with Gasteiger partial charge in [0.1, 0.15) is 6.04 Å². The number of carboxylic acids is 1. The SMILES string of the molecule is Cc1nc(N[C@@H](Cc2ccccc2)C(=O)O)sc1-c1ccc(Cl)c(S(C)(=O)=O)c1. The highest BCUT2D eigenvalue weighted by atomic mass is 35.5. The molecule has 0 bridgehead atoms. The molecule has 0 aliphatic carbocycles. The summed E-state index contributed by atoms with van der Waals surface area (Å²) in [7, 11) is -3.48. The number of aryl methyl sites for hydroxylation is 1. The van der Waals surface area contributed by atoms with Crippen molar-refractivity contribution in [2.24, 2.45) is 0 Å². The third-order valence-electron chi connectivity index (χ3n) is 4.27. The number of carboxylic acid groups (broad SMARTS) is 1. The van der Waals surface area contributed by atoms with E-state index in [1.165, 1.54) is 23.5 Å². The Hall–Kier alpha value is -2.42. The highest BCUT2D eigenvalue weighted by molar-refractivity contribution is 7.90. The molecular weight excluding hydrogens is 432 g/mol. The summed E-state index contributed by atoms with van der Waals surface area (Å²) in [6.45, 7) is 1.79. The Morgan fingerprint density at radius 3 is 2.55 bits per heavy atom. The number of halogens is 1. The fraction of sp³-hybridized carbons (Fsp3) is 0.200. The monoisotopic (exact) mass is 450 g/mol. The number of sulfone groups is 1. The molecule has 3 rings (SSSR count). The summed E-state index contributed by atoms with van der Waals surface area (Å²) >= 11 is 7.30. The molecule has 0 fully saturated rings. The fourth-order valence-electron chi connectivity index (χ4n) is 2.85. The van der Waals surface area contributed by atoms with E-state index in [2.05, 4.69) is 10.3 Å². The van der Waals surface area contributed by atoms with Gasteiger partial charge < -0.3 is 10.4 Å². The number of anilines is 1. The van der Waals surface area contributed by atoms with Gasteiger partial charge in [-0.2, -0.15) is 0 Å². The van der Waals surface area contributed by atoms with Crippen LogP contribution in [0.2, 0.25) is 5.02 Å². The summed E-state index contributed by atoms with van der Waals surface area (Å²) in [5, 5.41) is 13.2.